The van der Waals surface area contributed by atoms with Crippen LogP contribution in [-0.4, -0.2) is 24.5 Å². The number of anilines is 1. The molecule has 0 spiro atoms. The third-order valence-corrected chi connectivity index (χ3v) is 4.68. The lowest BCUT2D eigenvalue weighted by atomic mass is 10.2. The van der Waals surface area contributed by atoms with E-state index in [0.717, 1.165) is 16.9 Å². The average molecular weight is 312 g/mol. The molecule has 0 amide bonds. The Kier molecular flexibility index (Phi) is 4.05. The largest absolute Gasteiger partial charge is 0.481 e. The van der Waals surface area contributed by atoms with Gasteiger partial charge in [-0.25, -0.2) is 13.4 Å². The second-order valence-electron chi connectivity index (χ2n) is 4.14. The molecule has 2 aromatic rings. The average Bonchev–Trinajstić information content (AvgIpc) is 2.74. The Labute approximate surface area is 120 Å². The standard InChI is InChI=1S/C12H12N2O4S2/c1-8-3-2-4-10(5-8)20(17,18)14-12-13-9(7-19-12)6-11(15)16/h2-5,7H,6H2,1H3,(H,13,14)(H,15,16). The molecule has 0 radical (unpaired) electrons. The minimum absolute atomic E-state index is 0.146. The molecule has 0 aliphatic carbocycles. The number of carboxylic acid groups (broad SMARTS) is 1. The molecular weight excluding hydrogens is 300 g/mol. The predicted octanol–water partition coefficient (Wildman–Crippen LogP) is 1.88. The number of rotatable bonds is 5. The zero-order chi connectivity index (χ0) is 14.8. The van der Waals surface area contributed by atoms with Crippen molar-refractivity contribution in [3.8, 4) is 0 Å². The van der Waals surface area contributed by atoms with Crippen molar-refractivity contribution in [2.45, 2.75) is 18.2 Å². The number of hydrogen-bond donors (Lipinski definition) is 2. The zero-order valence-corrected chi connectivity index (χ0v) is 12.2. The highest BCUT2D eigenvalue weighted by Gasteiger charge is 2.16. The van der Waals surface area contributed by atoms with Gasteiger partial charge in [0, 0.05) is 5.38 Å². The minimum Gasteiger partial charge on any atom is -0.481 e. The zero-order valence-electron chi connectivity index (χ0n) is 10.5. The lowest BCUT2D eigenvalue weighted by Crippen LogP contribution is -2.13. The van der Waals surface area contributed by atoms with Gasteiger partial charge in [-0.05, 0) is 24.6 Å². The monoisotopic (exact) mass is 312 g/mol. The van der Waals surface area contributed by atoms with Crippen molar-refractivity contribution < 1.29 is 18.3 Å². The number of thiazole rings is 1. The molecule has 2 N–H and O–H groups in total. The van der Waals surface area contributed by atoms with Crippen molar-refractivity contribution in [1.82, 2.24) is 4.98 Å². The molecule has 2 rings (SSSR count). The van der Waals surface area contributed by atoms with Gasteiger partial charge in [-0.1, -0.05) is 12.1 Å². The number of carboxylic acids is 1. The number of nitrogens with zero attached hydrogens (tertiary/aromatic N) is 1. The summed E-state index contributed by atoms with van der Waals surface area (Å²) in [5.74, 6) is -1.01. The second-order valence-corrected chi connectivity index (χ2v) is 6.68. The molecule has 1 heterocycles. The van der Waals surface area contributed by atoms with E-state index in [4.69, 9.17) is 5.11 Å². The Bertz CT molecular complexity index is 737. The van der Waals surface area contributed by atoms with Gasteiger partial charge in [0.1, 0.15) is 0 Å². The van der Waals surface area contributed by atoms with Crippen LogP contribution in [0.25, 0.3) is 0 Å². The van der Waals surface area contributed by atoms with Crippen LogP contribution in [0.5, 0.6) is 0 Å². The van der Waals surface area contributed by atoms with Crippen molar-refractivity contribution in [1.29, 1.82) is 0 Å². The van der Waals surface area contributed by atoms with Gasteiger partial charge < -0.3 is 5.11 Å². The molecule has 6 nitrogen and oxygen atoms in total. The van der Waals surface area contributed by atoms with Crippen LogP contribution in [0.3, 0.4) is 0 Å². The summed E-state index contributed by atoms with van der Waals surface area (Å²) in [6.45, 7) is 1.80. The highest BCUT2D eigenvalue weighted by Crippen LogP contribution is 2.20. The maximum atomic E-state index is 12.1. The van der Waals surface area contributed by atoms with E-state index >= 15 is 0 Å². The molecule has 1 aromatic carbocycles. The van der Waals surface area contributed by atoms with Crippen LogP contribution in [0.15, 0.2) is 34.5 Å². The van der Waals surface area contributed by atoms with Gasteiger partial charge in [-0.3, -0.25) is 9.52 Å². The number of aryl methyl sites for hydroxylation is 1. The molecule has 0 atom stereocenters. The third kappa shape index (κ3) is 3.55. The van der Waals surface area contributed by atoms with Gasteiger partial charge in [0.05, 0.1) is 17.0 Å². The summed E-state index contributed by atoms with van der Waals surface area (Å²) < 4.78 is 26.6. The Balaban J connectivity index is 2.20. The molecule has 0 saturated heterocycles. The molecule has 0 aliphatic rings. The SMILES string of the molecule is Cc1cccc(S(=O)(=O)Nc2nc(CC(=O)O)cs2)c1. The number of carbonyl (C=O) groups is 1. The van der Waals surface area contributed by atoms with Gasteiger partial charge >= 0.3 is 5.97 Å². The smallest absolute Gasteiger partial charge is 0.309 e. The maximum Gasteiger partial charge on any atom is 0.309 e. The Morgan fingerprint density at radius 3 is 2.85 bits per heavy atom. The van der Waals surface area contributed by atoms with Crippen molar-refractivity contribution in [2.24, 2.45) is 0 Å². The van der Waals surface area contributed by atoms with Crippen LogP contribution in [0.1, 0.15) is 11.3 Å². The van der Waals surface area contributed by atoms with E-state index in [9.17, 15) is 13.2 Å². The first kappa shape index (κ1) is 14.5. The normalized spacial score (nSPS) is 11.2. The molecule has 106 valence electrons. The molecule has 0 aliphatic heterocycles. The molecule has 8 heteroatoms. The molecule has 0 unspecified atom stereocenters. The van der Waals surface area contributed by atoms with Crippen molar-refractivity contribution >= 4 is 32.5 Å². The Morgan fingerprint density at radius 1 is 1.45 bits per heavy atom. The quantitative estimate of drug-likeness (QED) is 0.878. The summed E-state index contributed by atoms with van der Waals surface area (Å²) in [5.41, 5.74) is 1.16. The summed E-state index contributed by atoms with van der Waals surface area (Å²) in [7, 11) is -3.70. The molecule has 1 aromatic heterocycles. The first-order valence-electron chi connectivity index (χ1n) is 5.62. The van der Waals surface area contributed by atoms with Crippen LogP contribution < -0.4 is 4.72 Å². The van der Waals surface area contributed by atoms with E-state index in [1.165, 1.54) is 11.4 Å². The van der Waals surface area contributed by atoms with Gasteiger partial charge in [-0.15, -0.1) is 11.3 Å². The minimum atomic E-state index is -3.70. The molecular formula is C12H12N2O4S2. The van der Waals surface area contributed by atoms with Gasteiger partial charge in [0.15, 0.2) is 5.13 Å². The maximum absolute atomic E-state index is 12.1. The molecule has 0 bridgehead atoms. The van der Waals surface area contributed by atoms with Gasteiger partial charge in [0.2, 0.25) is 0 Å². The van der Waals surface area contributed by atoms with Crippen LogP contribution in [0.4, 0.5) is 5.13 Å². The summed E-state index contributed by atoms with van der Waals surface area (Å²) in [4.78, 5) is 14.6. The van der Waals surface area contributed by atoms with Crippen molar-refractivity contribution in [3.63, 3.8) is 0 Å². The van der Waals surface area contributed by atoms with Crippen molar-refractivity contribution in [3.05, 3.63) is 40.9 Å². The number of hydrogen-bond acceptors (Lipinski definition) is 5. The summed E-state index contributed by atoms with van der Waals surface area (Å²) in [6.07, 6.45) is -0.233. The van der Waals surface area contributed by atoms with Crippen LogP contribution in [-0.2, 0) is 21.2 Å². The van der Waals surface area contributed by atoms with Crippen LogP contribution in [0.2, 0.25) is 0 Å². The molecule has 0 saturated carbocycles. The fourth-order valence-electron chi connectivity index (χ4n) is 1.55. The summed E-state index contributed by atoms with van der Waals surface area (Å²) >= 11 is 1.05. The fraction of sp³-hybridized carbons (Fsp3) is 0.167. The fourth-order valence-corrected chi connectivity index (χ4v) is 3.61. The summed E-state index contributed by atoms with van der Waals surface area (Å²) in [5, 5.41) is 10.3. The van der Waals surface area contributed by atoms with E-state index in [2.05, 4.69) is 9.71 Å². The lowest BCUT2D eigenvalue weighted by Gasteiger charge is -2.05. The Hall–Kier alpha value is -1.93. The number of aromatic nitrogens is 1. The number of benzene rings is 1. The van der Waals surface area contributed by atoms with E-state index in [0.29, 0.717) is 5.69 Å². The third-order valence-electron chi connectivity index (χ3n) is 2.41. The highest BCUT2D eigenvalue weighted by molar-refractivity contribution is 7.93. The highest BCUT2D eigenvalue weighted by atomic mass is 32.2. The van der Waals surface area contributed by atoms with E-state index in [-0.39, 0.29) is 16.4 Å². The number of nitrogens with one attached hydrogen (secondary N) is 1. The van der Waals surface area contributed by atoms with E-state index in [1.807, 2.05) is 0 Å². The van der Waals surface area contributed by atoms with Gasteiger partial charge in [-0.2, -0.15) is 0 Å². The number of aliphatic carboxylic acids is 1. The van der Waals surface area contributed by atoms with Crippen LogP contribution in [0, 0.1) is 6.92 Å². The topological polar surface area (TPSA) is 96.4 Å². The number of sulfonamides is 1. The lowest BCUT2D eigenvalue weighted by molar-refractivity contribution is -0.136. The Morgan fingerprint density at radius 2 is 2.20 bits per heavy atom. The van der Waals surface area contributed by atoms with E-state index in [1.54, 1.807) is 25.1 Å². The summed E-state index contributed by atoms with van der Waals surface area (Å²) in [6, 6.07) is 6.49. The second kappa shape index (κ2) is 5.59. The molecule has 20 heavy (non-hydrogen) atoms. The van der Waals surface area contributed by atoms with E-state index < -0.39 is 16.0 Å². The first-order valence-corrected chi connectivity index (χ1v) is 7.99. The van der Waals surface area contributed by atoms with Crippen molar-refractivity contribution in [2.75, 3.05) is 4.72 Å². The first-order chi connectivity index (χ1) is 9.37. The van der Waals surface area contributed by atoms with Gasteiger partial charge in [0.25, 0.3) is 10.0 Å². The van der Waals surface area contributed by atoms with Crippen LogP contribution >= 0.6 is 11.3 Å². The predicted molar refractivity (Wildman–Crippen MR) is 75.4 cm³/mol. The molecule has 0 fully saturated rings.